The smallest absolute Gasteiger partial charge is 0.308 e. The van der Waals surface area contributed by atoms with Crippen molar-refractivity contribution < 1.29 is 14.7 Å². The molecule has 1 atom stereocenters. The second kappa shape index (κ2) is 7.07. The van der Waals surface area contributed by atoms with Crippen LogP contribution in [0.25, 0.3) is 0 Å². The van der Waals surface area contributed by atoms with E-state index in [-0.39, 0.29) is 12.5 Å². The summed E-state index contributed by atoms with van der Waals surface area (Å²) in [5, 5.41) is 13.2. The molecule has 1 aromatic rings. The number of aliphatic carboxylic acids is 1. The Kier molecular flexibility index (Phi) is 5.73. The van der Waals surface area contributed by atoms with Gasteiger partial charge in [0.25, 0.3) is 5.91 Å². The summed E-state index contributed by atoms with van der Waals surface area (Å²) in [4.78, 5) is 24.6. The maximum Gasteiger partial charge on any atom is 0.308 e. The highest BCUT2D eigenvalue weighted by atomic mass is 16.4. The van der Waals surface area contributed by atoms with Gasteiger partial charge in [-0.2, -0.15) is 5.10 Å². The van der Waals surface area contributed by atoms with Crippen LogP contribution in [-0.4, -0.2) is 45.3 Å². The molecule has 6 heteroatoms. The lowest BCUT2D eigenvalue weighted by Gasteiger charge is -2.18. The molecule has 6 nitrogen and oxygen atoms in total. The van der Waals surface area contributed by atoms with Crippen LogP contribution in [0.4, 0.5) is 0 Å². The number of aromatic nitrogens is 2. The maximum absolute atomic E-state index is 12.3. The maximum atomic E-state index is 12.3. The molecule has 0 fully saturated rings. The first-order valence-corrected chi connectivity index (χ1v) is 6.89. The van der Waals surface area contributed by atoms with E-state index in [0.29, 0.717) is 11.3 Å². The fraction of sp³-hybridized carbons (Fsp3) is 0.643. The number of unbranched alkanes of at least 4 members (excludes halogenated alkanes) is 1. The highest BCUT2D eigenvalue weighted by molar-refractivity contribution is 5.95. The van der Waals surface area contributed by atoms with Gasteiger partial charge in [0.15, 0.2) is 0 Å². The molecule has 0 radical (unpaired) electrons. The van der Waals surface area contributed by atoms with Gasteiger partial charge in [0.2, 0.25) is 0 Å². The Morgan fingerprint density at radius 2 is 2.15 bits per heavy atom. The van der Waals surface area contributed by atoms with Crippen molar-refractivity contribution in [2.45, 2.75) is 40.2 Å². The fourth-order valence-electron chi connectivity index (χ4n) is 1.94. The Morgan fingerprint density at radius 3 is 2.70 bits per heavy atom. The van der Waals surface area contributed by atoms with Crippen molar-refractivity contribution in [3.63, 3.8) is 0 Å². The van der Waals surface area contributed by atoms with E-state index in [2.05, 4.69) is 12.0 Å². The van der Waals surface area contributed by atoms with E-state index in [1.54, 1.807) is 31.8 Å². The fourth-order valence-corrected chi connectivity index (χ4v) is 1.94. The van der Waals surface area contributed by atoms with Crippen LogP contribution < -0.4 is 0 Å². The summed E-state index contributed by atoms with van der Waals surface area (Å²) in [6.07, 6.45) is 3.83. The van der Waals surface area contributed by atoms with Crippen molar-refractivity contribution in [3.05, 3.63) is 17.5 Å². The van der Waals surface area contributed by atoms with Gasteiger partial charge in [0.1, 0.15) is 0 Å². The largest absolute Gasteiger partial charge is 0.481 e. The Bertz CT molecular complexity index is 482. The van der Waals surface area contributed by atoms with E-state index in [0.717, 1.165) is 19.4 Å². The third-order valence-electron chi connectivity index (χ3n) is 3.23. The lowest BCUT2D eigenvalue weighted by Crippen LogP contribution is -2.33. The number of hydrogen-bond acceptors (Lipinski definition) is 3. The van der Waals surface area contributed by atoms with Crippen molar-refractivity contribution in [2.75, 3.05) is 13.6 Å². The average Bonchev–Trinajstić information content (AvgIpc) is 2.76. The van der Waals surface area contributed by atoms with Gasteiger partial charge in [-0.15, -0.1) is 0 Å². The third kappa shape index (κ3) is 4.08. The van der Waals surface area contributed by atoms with E-state index in [4.69, 9.17) is 5.11 Å². The molecule has 0 spiro atoms. The molecule has 1 unspecified atom stereocenters. The van der Waals surface area contributed by atoms with Crippen molar-refractivity contribution in [3.8, 4) is 0 Å². The summed E-state index contributed by atoms with van der Waals surface area (Å²) in [5.41, 5.74) is 1.22. The lowest BCUT2D eigenvalue weighted by molar-refractivity contribution is -0.141. The number of aryl methyl sites for hydroxylation is 2. The van der Waals surface area contributed by atoms with Crippen LogP contribution in [0.5, 0.6) is 0 Å². The summed E-state index contributed by atoms with van der Waals surface area (Å²) in [7, 11) is 1.62. The number of amides is 1. The number of nitrogens with zero attached hydrogens (tertiary/aromatic N) is 3. The molecule has 0 saturated carbocycles. The Labute approximate surface area is 119 Å². The average molecular weight is 281 g/mol. The minimum absolute atomic E-state index is 0.182. The third-order valence-corrected chi connectivity index (χ3v) is 3.23. The number of carbonyl (C=O) groups excluding carboxylic acids is 1. The number of carboxylic acids is 1. The van der Waals surface area contributed by atoms with Crippen LogP contribution in [0.2, 0.25) is 0 Å². The van der Waals surface area contributed by atoms with Gasteiger partial charge in [0, 0.05) is 26.3 Å². The normalized spacial score (nSPS) is 12.2. The predicted molar refractivity (Wildman–Crippen MR) is 75.6 cm³/mol. The van der Waals surface area contributed by atoms with E-state index < -0.39 is 11.9 Å². The van der Waals surface area contributed by atoms with Crippen LogP contribution in [0, 0.1) is 12.8 Å². The molecule has 0 aliphatic rings. The highest BCUT2D eigenvalue weighted by Crippen LogP contribution is 2.11. The van der Waals surface area contributed by atoms with Crippen molar-refractivity contribution >= 4 is 11.9 Å². The topological polar surface area (TPSA) is 75.4 Å². The lowest BCUT2D eigenvalue weighted by atomic mass is 10.1. The summed E-state index contributed by atoms with van der Waals surface area (Å²) in [5.74, 6) is -1.67. The first kappa shape index (κ1) is 16.2. The molecular weight excluding hydrogens is 258 g/mol. The second-order valence-corrected chi connectivity index (χ2v) is 5.17. The molecule has 1 aromatic heterocycles. The van der Waals surface area contributed by atoms with E-state index in [1.807, 2.05) is 0 Å². The summed E-state index contributed by atoms with van der Waals surface area (Å²) >= 11 is 0. The Morgan fingerprint density at radius 1 is 1.50 bits per heavy atom. The van der Waals surface area contributed by atoms with Gasteiger partial charge in [-0.1, -0.05) is 20.3 Å². The van der Waals surface area contributed by atoms with Crippen LogP contribution in [-0.2, 0) is 11.3 Å². The number of carbonyl (C=O) groups is 2. The first-order valence-electron chi connectivity index (χ1n) is 6.89. The Hall–Kier alpha value is -1.85. The summed E-state index contributed by atoms with van der Waals surface area (Å²) in [6.45, 7) is 6.46. The quantitative estimate of drug-likeness (QED) is 0.826. The summed E-state index contributed by atoms with van der Waals surface area (Å²) in [6, 6.07) is 0. The van der Waals surface area contributed by atoms with Gasteiger partial charge in [-0.05, 0) is 13.3 Å². The molecule has 0 bridgehead atoms. The monoisotopic (exact) mass is 281 g/mol. The van der Waals surface area contributed by atoms with Gasteiger partial charge < -0.3 is 10.0 Å². The number of hydrogen-bond donors (Lipinski definition) is 1. The van der Waals surface area contributed by atoms with E-state index >= 15 is 0 Å². The Balaban J connectivity index is 2.75. The minimum atomic E-state index is -0.903. The zero-order valence-corrected chi connectivity index (χ0v) is 12.6. The van der Waals surface area contributed by atoms with Crippen molar-refractivity contribution in [2.24, 2.45) is 5.92 Å². The standard InChI is InChI=1S/C14H23N3O3/c1-5-6-7-17-9-12(11(3)15-17)13(18)16(4)8-10(2)14(19)20/h9-10H,5-8H2,1-4H3,(H,19,20). The highest BCUT2D eigenvalue weighted by Gasteiger charge is 2.21. The molecule has 0 aromatic carbocycles. The zero-order chi connectivity index (χ0) is 15.3. The predicted octanol–water partition coefficient (Wildman–Crippen LogP) is 1.78. The molecule has 0 aliphatic carbocycles. The van der Waals surface area contributed by atoms with Crippen LogP contribution in [0.1, 0.15) is 42.7 Å². The molecule has 1 rings (SSSR count). The molecular formula is C14H23N3O3. The SMILES string of the molecule is CCCCn1cc(C(=O)N(C)CC(C)C(=O)O)c(C)n1. The first-order chi connectivity index (χ1) is 9.36. The van der Waals surface area contributed by atoms with E-state index in [1.165, 1.54) is 4.90 Å². The van der Waals surface area contributed by atoms with Crippen LogP contribution in [0.3, 0.4) is 0 Å². The van der Waals surface area contributed by atoms with E-state index in [9.17, 15) is 9.59 Å². The number of rotatable bonds is 7. The molecule has 1 amide bonds. The molecule has 0 saturated heterocycles. The molecule has 20 heavy (non-hydrogen) atoms. The minimum Gasteiger partial charge on any atom is -0.481 e. The molecule has 112 valence electrons. The zero-order valence-electron chi connectivity index (χ0n) is 12.6. The van der Waals surface area contributed by atoms with Crippen molar-refractivity contribution in [1.29, 1.82) is 0 Å². The van der Waals surface area contributed by atoms with Gasteiger partial charge in [-0.3, -0.25) is 14.3 Å². The molecule has 1 N–H and O–H groups in total. The second-order valence-electron chi connectivity index (χ2n) is 5.17. The van der Waals surface area contributed by atoms with Gasteiger partial charge >= 0.3 is 5.97 Å². The van der Waals surface area contributed by atoms with Crippen molar-refractivity contribution in [1.82, 2.24) is 14.7 Å². The van der Waals surface area contributed by atoms with Gasteiger partial charge in [0.05, 0.1) is 17.2 Å². The molecule has 0 aliphatic heterocycles. The summed E-state index contributed by atoms with van der Waals surface area (Å²) < 4.78 is 1.78. The van der Waals surface area contributed by atoms with Gasteiger partial charge in [-0.25, -0.2) is 0 Å². The number of carboxylic acid groups (broad SMARTS) is 1. The molecule has 1 heterocycles. The van der Waals surface area contributed by atoms with Crippen LogP contribution in [0.15, 0.2) is 6.20 Å². The van der Waals surface area contributed by atoms with Crippen LogP contribution >= 0.6 is 0 Å².